The fourth-order valence-corrected chi connectivity index (χ4v) is 3.80. The molecular weight excluding hydrogens is 535 g/mol. The monoisotopic (exact) mass is 546 g/mol. The van der Waals surface area contributed by atoms with E-state index in [2.05, 4.69) is 48.3 Å². The number of methoxy groups -OCH3 is 1. The van der Waals surface area contributed by atoms with E-state index in [1.165, 1.54) is 23.8 Å². The van der Waals surface area contributed by atoms with Crippen LogP contribution < -0.4 is 0 Å². The lowest BCUT2D eigenvalue weighted by Gasteiger charge is -2.07. The van der Waals surface area contributed by atoms with E-state index in [0.29, 0.717) is 27.1 Å². The van der Waals surface area contributed by atoms with E-state index < -0.39 is 5.97 Å². The lowest BCUT2D eigenvalue weighted by Crippen LogP contribution is -2.23. The minimum Gasteiger partial charge on any atom is -0.465 e. The first-order valence-corrected chi connectivity index (χ1v) is 9.97. The lowest BCUT2D eigenvalue weighted by molar-refractivity contribution is -0.121. The molecule has 0 N–H and O–H groups in total. The Morgan fingerprint density at radius 1 is 1.38 bits per heavy atom. The third-order valence-corrected chi connectivity index (χ3v) is 6.65. The highest BCUT2D eigenvalue weighted by molar-refractivity contribution is 14.1. The van der Waals surface area contributed by atoms with Crippen LogP contribution in [0.2, 0.25) is 0 Å². The third kappa shape index (κ3) is 4.04. The molecule has 1 aromatic carbocycles. The maximum Gasteiger partial charge on any atom is 0.337 e. The molecule has 0 bridgehead atoms. The molecule has 9 heteroatoms. The van der Waals surface area contributed by atoms with Crippen LogP contribution in [0.5, 0.6) is 0 Å². The maximum absolute atomic E-state index is 12.4. The van der Waals surface area contributed by atoms with E-state index in [-0.39, 0.29) is 5.91 Å². The number of carbonyl (C=O) groups is 2. The summed E-state index contributed by atoms with van der Waals surface area (Å²) in [6.07, 6.45) is 1.69. The summed E-state index contributed by atoms with van der Waals surface area (Å²) in [7, 11) is 3.00. The number of esters is 1. The van der Waals surface area contributed by atoms with Gasteiger partial charge in [-0.25, -0.2) is 9.79 Å². The van der Waals surface area contributed by atoms with E-state index in [1.54, 1.807) is 37.4 Å². The van der Waals surface area contributed by atoms with E-state index in [0.717, 1.165) is 8.24 Å². The van der Waals surface area contributed by atoms with Crippen LogP contribution in [0.25, 0.3) is 6.08 Å². The van der Waals surface area contributed by atoms with Crippen LogP contribution in [0.15, 0.2) is 49.1 Å². The van der Waals surface area contributed by atoms with Crippen LogP contribution in [0.1, 0.15) is 16.1 Å². The van der Waals surface area contributed by atoms with Gasteiger partial charge in [0.15, 0.2) is 8.93 Å². The van der Waals surface area contributed by atoms with Gasteiger partial charge < -0.3 is 9.15 Å². The van der Waals surface area contributed by atoms with Crippen molar-refractivity contribution in [2.75, 3.05) is 14.2 Å². The van der Waals surface area contributed by atoms with Crippen molar-refractivity contribution in [3.05, 3.63) is 54.8 Å². The first-order chi connectivity index (χ1) is 12.4. The van der Waals surface area contributed by atoms with Crippen LogP contribution in [0, 0.1) is 3.77 Å². The summed E-state index contributed by atoms with van der Waals surface area (Å²) >= 11 is 6.71. The van der Waals surface area contributed by atoms with Gasteiger partial charge in [-0.05, 0) is 58.0 Å². The van der Waals surface area contributed by atoms with Gasteiger partial charge in [0.25, 0.3) is 5.91 Å². The molecule has 1 fully saturated rings. The summed E-state index contributed by atoms with van der Waals surface area (Å²) < 4.78 is 11.8. The van der Waals surface area contributed by atoms with Gasteiger partial charge >= 0.3 is 5.97 Å². The molecule has 1 amide bonds. The van der Waals surface area contributed by atoms with Crippen LogP contribution >= 0.6 is 50.3 Å². The van der Waals surface area contributed by atoms with E-state index >= 15 is 0 Å². The van der Waals surface area contributed by atoms with Crippen molar-refractivity contribution in [3.8, 4) is 0 Å². The van der Waals surface area contributed by atoms with Crippen LogP contribution in [0.4, 0.5) is 5.69 Å². The molecule has 2 heterocycles. The molecule has 0 spiro atoms. The quantitative estimate of drug-likeness (QED) is 0.318. The zero-order valence-electron chi connectivity index (χ0n) is 13.7. The highest BCUT2D eigenvalue weighted by atomic mass is 127. The predicted octanol–water partition coefficient (Wildman–Crippen LogP) is 4.67. The molecule has 134 valence electrons. The fourth-order valence-electron chi connectivity index (χ4n) is 2.12. The van der Waals surface area contributed by atoms with E-state index in [1.807, 2.05) is 6.07 Å². The highest BCUT2D eigenvalue weighted by Crippen LogP contribution is 2.34. The van der Waals surface area contributed by atoms with Gasteiger partial charge in [0.2, 0.25) is 0 Å². The zero-order valence-corrected chi connectivity index (χ0v) is 18.2. The van der Waals surface area contributed by atoms with E-state index in [9.17, 15) is 9.59 Å². The first-order valence-electron chi connectivity index (χ1n) is 7.28. The molecule has 0 saturated carbocycles. The number of amidine groups is 1. The highest BCUT2D eigenvalue weighted by Gasteiger charge is 2.30. The molecule has 1 aliphatic heterocycles. The predicted molar refractivity (Wildman–Crippen MR) is 112 cm³/mol. The fraction of sp³-hybridized carbons (Fsp3) is 0.118. The van der Waals surface area contributed by atoms with Crippen molar-refractivity contribution < 1.29 is 18.7 Å². The van der Waals surface area contributed by atoms with Crippen molar-refractivity contribution in [2.45, 2.75) is 0 Å². The topological polar surface area (TPSA) is 72.1 Å². The molecule has 0 radical (unpaired) electrons. The van der Waals surface area contributed by atoms with Crippen molar-refractivity contribution in [2.24, 2.45) is 4.99 Å². The maximum atomic E-state index is 12.4. The number of hydrogen-bond acceptors (Lipinski definition) is 6. The van der Waals surface area contributed by atoms with Crippen molar-refractivity contribution in [3.63, 3.8) is 0 Å². The molecule has 6 nitrogen and oxygen atoms in total. The number of halogens is 2. The Balaban J connectivity index is 1.84. The number of benzene rings is 1. The standard InChI is InChI=1S/C17H12BrIN2O4S/c1-21-15(22)13(8-11-7-12(18)14(19)25-11)26-17(21)20-10-5-3-9(4-6-10)16(23)24-2/h3-8H,1-2H3/b13-8-,20-17?. The summed E-state index contributed by atoms with van der Waals surface area (Å²) in [5.41, 5.74) is 1.08. The minimum atomic E-state index is -0.406. The number of thioether (sulfide) groups is 1. The Kier molecular flexibility index (Phi) is 5.88. The number of ether oxygens (including phenoxy) is 1. The zero-order chi connectivity index (χ0) is 18.8. The van der Waals surface area contributed by atoms with Crippen LogP contribution in [-0.4, -0.2) is 36.1 Å². The van der Waals surface area contributed by atoms with Gasteiger partial charge in [-0.3, -0.25) is 9.69 Å². The van der Waals surface area contributed by atoms with Gasteiger partial charge in [0.05, 0.1) is 27.7 Å². The molecule has 1 aromatic heterocycles. The smallest absolute Gasteiger partial charge is 0.337 e. The Labute approximate surface area is 175 Å². The van der Waals surface area contributed by atoms with Crippen molar-refractivity contribution >= 4 is 79.1 Å². The number of hydrogen-bond donors (Lipinski definition) is 0. The summed E-state index contributed by atoms with van der Waals surface area (Å²) in [6.45, 7) is 0. The second-order valence-electron chi connectivity index (χ2n) is 5.18. The molecule has 0 atom stereocenters. The second-order valence-corrected chi connectivity index (χ2v) is 8.02. The number of rotatable bonds is 3. The molecule has 0 unspecified atom stereocenters. The van der Waals surface area contributed by atoms with Gasteiger partial charge in [0, 0.05) is 35.7 Å². The third-order valence-electron chi connectivity index (χ3n) is 3.45. The van der Waals surface area contributed by atoms with Gasteiger partial charge in [0.1, 0.15) is 5.76 Å². The van der Waals surface area contributed by atoms with Crippen LogP contribution in [-0.2, 0) is 9.53 Å². The Hall–Kier alpha value is -1.59. The largest absolute Gasteiger partial charge is 0.465 e. The number of likely N-dealkylation sites (N-methyl/N-ethyl adjacent to an activating group) is 1. The molecule has 1 aliphatic rings. The summed E-state index contributed by atoms with van der Waals surface area (Å²) in [5, 5.41) is 0.549. The molecule has 0 aliphatic carbocycles. The van der Waals surface area contributed by atoms with Crippen molar-refractivity contribution in [1.29, 1.82) is 0 Å². The molecule has 1 saturated heterocycles. The van der Waals surface area contributed by atoms with Crippen LogP contribution in [0.3, 0.4) is 0 Å². The SMILES string of the molecule is COC(=O)c1ccc(N=C2S/C(=C\c3cc(Br)c(I)o3)C(=O)N2C)cc1. The number of amides is 1. The van der Waals surface area contributed by atoms with Gasteiger partial charge in [-0.2, -0.15) is 0 Å². The Morgan fingerprint density at radius 2 is 2.08 bits per heavy atom. The summed E-state index contributed by atoms with van der Waals surface area (Å²) in [4.78, 5) is 30.4. The number of nitrogens with zero attached hydrogens (tertiary/aromatic N) is 2. The second kappa shape index (κ2) is 7.97. The normalized spacial score (nSPS) is 17.4. The number of carbonyl (C=O) groups excluding carboxylic acids is 2. The first kappa shape index (κ1) is 19.2. The Morgan fingerprint density at radius 3 is 2.65 bits per heavy atom. The molecule has 2 aromatic rings. The molecular formula is C17H12BrIN2O4S. The average molecular weight is 547 g/mol. The summed E-state index contributed by atoms with van der Waals surface area (Å²) in [6, 6.07) is 8.47. The van der Waals surface area contributed by atoms with Gasteiger partial charge in [-0.1, -0.05) is 0 Å². The average Bonchev–Trinajstić information content (AvgIpc) is 3.08. The molecule has 3 rings (SSSR count). The minimum absolute atomic E-state index is 0.150. The summed E-state index contributed by atoms with van der Waals surface area (Å²) in [5.74, 6) is 0.0351. The Bertz CT molecular complexity index is 917. The number of aliphatic imine (C=N–C) groups is 1. The van der Waals surface area contributed by atoms with Crippen molar-refractivity contribution in [1.82, 2.24) is 4.90 Å². The number of furan rings is 1. The van der Waals surface area contributed by atoms with E-state index in [4.69, 9.17) is 4.42 Å². The molecule has 26 heavy (non-hydrogen) atoms. The van der Waals surface area contributed by atoms with Gasteiger partial charge in [-0.15, -0.1) is 0 Å². The lowest BCUT2D eigenvalue weighted by atomic mass is 10.2.